The van der Waals surface area contributed by atoms with Crippen LogP contribution in [0.15, 0.2) is 58.4 Å². The van der Waals surface area contributed by atoms with Crippen molar-refractivity contribution in [3.05, 3.63) is 80.3 Å². The summed E-state index contributed by atoms with van der Waals surface area (Å²) in [4.78, 5) is 24.3. The minimum atomic E-state index is -4.80. The lowest BCUT2D eigenvalue weighted by atomic mass is 10.2. The maximum Gasteiger partial charge on any atom is 0.431 e. The molecule has 3 rings (SSSR count). The summed E-state index contributed by atoms with van der Waals surface area (Å²) < 4.78 is 41.4. The van der Waals surface area contributed by atoms with Crippen LogP contribution < -0.4 is 11.2 Å². The molecule has 1 aromatic carbocycles. The van der Waals surface area contributed by atoms with Crippen LogP contribution in [0.4, 0.5) is 13.2 Å². The molecule has 5 nitrogen and oxygen atoms in total. The zero-order chi connectivity index (χ0) is 18.4. The maximum absolute atomic E-state index is 12.9. The summed E-state index contributed by atoms with van der Waals surface area (Å²) in [6, 6.07) is 8.33. The first-order valence-electron chi connectivity index (χ1n) is 7.03. The quantitative estimate of drug-likeness (QED) is 0.697. The standard InChI is InChI=1S/C16H11ClF3N3O2/c1-21-13(16(18,19)20)9-14(24)23(15(21)25)10-4-5-12(11(17)8-10)22-6-2-3-7-22/h2-9H,1H3. The molecule has 0 aliphatic heterocycles. The van der Waals surface area contributed by atoms with Crippen LogP contribution in [-0.4, -0.2) is 13.7 Å². The number of rotatable bonds is 2. The Balaban J connectivity index is 2.18. The first-order valence-corrected chi connectivity index (χ1v) is 7.41. The highest BCUT2D eigenvalue weighted by Gasteiger charge is 2.35. The molecule has 0 atom stereocenters. The molecule has 2 aromatic heterocycles. The number of hydrogen-bond acceptors (Lipinski definition) is 2. The summed E-state index contributed by atoms with van der Waals surface area (Å²) in [5, 5.41) is 0.238. The smallest absolute Gasteiger partial charge is 0.322 e. The highest BCUT2D eigenvalue weighted by atomic mass is 35.5. The van der Waals surface area contributed by atoms with Gasteiger partial charge in [-0.2, -0.15) is 13.2 Å². The van der Waals surface area contributed by atoms with Crippen molar-refractivity contribution in [2.24, 2.45) is 7.05 Å². The Bertz CT molecular complexity index is 1050. The second kappa shape index (κ2) is 5.96. The molecular weight excluding hydrogens is 359 g/mol. The van der Waals surface area contributed by atoms with E-state index in [1.54, 1.807) is 35.2 Å². The molecule has 0 fully saturated rings. The van der Waals surface area contributed by atoms with Crippen LogP contribution >= 0.6 is 11.6 Å². The van der Waals surface area contributed by atoms with Crippen LogP contribution in [0.25, 0.3) is 11.4 Å². The number of aromatic nitrogens is 3. The van der Waals surface area contributed by atoms with E-state index in [9.17, 15) is 22.8 Å². The fourth-order valence-corrected chi connectivity index (χ4v) is 2.75. The van der Waals surface area contributed by atoms with Gasteiger partial charge in [0.2, 0.25) is 0 Å². The van der Waals surface area contributed by atoms with Gasteiger partial charge in [0.15, 0.2) is 0 Å². The van der Waals surface area contributed by atoms with E-state index in [4.69, 9.17) is 11.6 Å². The summed E-state index contributed by atoms with van der Waals surface area (Å²) in [6.45, 7) is 0. The van der Waals surface area contributed by atoms with Crippen LogP contribution in [0.2, 0.25) is 5.02 Å². The van der Waals surface area contributed by atoms with Crippen molar-refractivity contribution in [2.45, 2.75) is 6.18 Å². The topological polar surface area (TPSA) is 48.9 Å². The van der Waals surface area contributed by atoms with E-state index in [1.807, 2.05) is 0 Å². The van der Waals surface area contributed by atoms with Gasteiger partial charge < -0.3 is 4.57 Å². The van der Waals surface area contributed by atoms with Gasteiger partial charge in [0.05, 0.1) is 16.4 Å². The number of hydrogen-bond donors (Lipinski definition) is 0. The van der Waals surface area contributed by atoms with Gasteiger partial charge in [-0.1, -0.05) is 11.6 Å². The van der Waals surface area contributed by atoms with E-state index in [0.717, 1.165) is 7.05 Å². The van der Waals surface area contributed by atoms with Gasteiger partial charge in [-0.15, -0.1) is 0 Å². The van der Waals surface area contributed by atoms with Crippen LogP contribution in [0, 0.1) is 0 Å². The molecule has 3 aromatic rings. The molecule has 2 heterocycles. The average molecular weight is 370 g/mol. The molecule has 0 bridgehead atoms. The second-order valence-electron chi connectivity index (χ2n) is 5.27. The molecule has 0 N–H and O–H groups in total. The van der Waals surface area contributed by atoms with E-state index in [1.165, 1.54) is 12.1 Å². The molecule has 0 aliphatic carbocycles. The predicted octanol–water partition coefficient (Wildman–Crippen LogP) is 3.00. The molecule has 25 heavy (non-hydrogen) atoms. The van der Waals surface area contributed by atoms with E-state index in [2.05, 4.69) is 0 Å². The van der Waals surface area contributed by atoms with Crippen molar-refractivity contribution < 1.29 is 13.2 Å². The van der Waals surface area contributed by atoms with Crippen molar-refractivity contribution in [1.82, 2.24) is 13.7 Å². The fourth-order valence-electron chi connectivity index (χ4n) is 2.47. The Hall–Kier alpha value is -2.74. The lowest BCUT2D eigenvalue weighted by Gasteiger charge is -2.14. The van der Waals surface area contributed by atoms with E-state index < -0.39 is 23.1 Å². The minimum absolute atomic E-state index is 0.0835. The van der Waals surface area contributed by atoms with Crippen LogP contribution in [0.1, 0.15) is 5.69 Å². The largest absolute Gasteiger partial charge is 0.431 e. The van der Waals surface area contributed by atoms with Crippen molar-refractivity contribution in [3.63, 3.8) is 0 Å². The summed E-state index contributed by atoms with van der Waals surface area (Å²) in [5.41, 5.74) is -2.81. The zero-order valence-electron chi connectivity index (χ0n) is 12.8. The van der Waals surface area contributed by atoms with Gasteiger partial charge in [-0.05, 0) is 30.3 Å². The Morgan fingerprint density at radius 2 is 1.68 bits per heavy atom. The molecule has 0 unspecified atom stereocenters. The van der Waals surface area contributed by atoms with Gasteiger partial charge in [0, 0.05) is 25.5 Å². The third kappa shape index (κ3) is 3.00. The molecule has 0 saturated carbocycles. The summed E-state index contributed by atoms with van der Waals surface area (Å²) >= 11 is 6.19. The zero-order valence-corrected chi connectivity index (χ0v) is 13.5. The number of nitrogens with zero attached hydrogens (tertiary/aromatic N) is 3. The third-order valence-electron chi connectivity index (χ3n) is 3.68. The van der Waals surface area contributed by atoms with Crippen LogP contribution in [0.5, 0.6) is 0 Å². The first kappa shape index (κ1) is 17.1. The number of benzene rings is 1. The van der Waals surface area contributed by atoms with Crippen molar-refractivity contribution in [1.29, 1.82) is 0 Å². The van der Waals surface area contributed by atoms with Crippen LogP contribution in [0.3, 0.4) is 0 Å². The molecule has 0 radical (unpaired) electrons. The second-order valence-corrected chi connectivity index (χ2v) is 5.68. The van der Waals surface area contributed by atoms with Crippen molar-refractivity contribution in [3.8, 4) is 11.4 Å². The fraction of sp³-hybridized carbons (Fsp3) is 0.125. The lowest BCUT2D eigenvalue weighted by Crippen LogP contribution is -2.40. The Morgan fingerprint density at radius 3 is 2.24 bits per heavy atom. The molecule has 0 saturated heterocycles. The average Bonchev–Trinajstić information content (AvgIpc) is 3.04. The van der Waals surface area contributed by atoms with Crippen molar-refractivity contribution in [2.75, 3.05) is 0 Å². The molecule has 0 spiro atoms. The number of alkyl halides is 3. The van der Waals surface area contributed by atoms with E-state index >= 15 is 0 Å². The predicted molar refractivity (Wildman–Crippen MR) is 86.6 cm³/mol. The summed E-state index contributed by atoms with van der Waals surface area (Å²) in [7, 11) is 0.955. The van der Waals surface area contributed by atoms with Gasteiger partial charge in [-0.3, -0.25) is 9.36 Å². The number of halogens is 4. The monoisotopic (exact) mass is 369 g/mol. The van der Waals surface area contributed by atoms with Crippen molar-refractivity contribution >= 4 is 11.6 Å². The molecule has 130 valence electrons. The van der Waals surface area contributed by atoms with Gasteiger partial charge in [-0.25, -0.2) is 9.36 Å². The highest BCUT2D eigenvalue weighted by molar-refractivity contribution is 6.32. The molecule has 0 amide bonds. The summed E-state index contributed by atoms with van der Waals surface area (Å²) in [6.07, 6.45) is -1.30. The van der Waals surface area contributed by atoms with Gasteiger partial charge in [0.1, 0.15) is 5.69 Å². The first-order chi connectivity index (χ1) is 11.7. The van der Waals surface area contributed by atoms with E-state index in [0.29, 0.717) is 20.9 Å². The van der Waals surface area contributed by atoms with E-state index in [-0.39, 0.29) is 10.7 Å². The third-order valence-corrected chi connectivity index (χ3v) is 3.99. The maximum atomic E-state index is 12.9. The molecule has 9 heteroatoms. The Labute approximate surface area is 144 Å². The Kier molecular flexibility index (Phi) is 4.08. The molecular formula is C16H11ClF3N3O2. The van der Waals surface area contributed by atoms with Gasteiger partial charge in [0.25, 0.3) is 5.56 Å². The lowest BCUT2D eigenvalue weighted by molar-refractivity contribution is -0.144. The van der Waals surface area contributed by atoms with Gasteiger partial charge >= 0.3 is 11.9 Å². The summed E-state index contributed by atoms with van der Waals surface area (Å²) in [5.74, 6) is 0. The normalized spacial score (nSPS) is 11.7. The highest BCUT2D eigenvalue weighted by Crippen LogP contribution is 2.27. The Morgan fingerprint density at radius 1 is 1.04 bits per heavy atom. The van der Waals surface area contributed by atoms with Crippen LogP contribution in [-0.2, 0) is 13.2 Å². The SMILES string of the molecule is Cn1c(C(F)(F)F)cc(=O)n(-c2ccc(-n3cccc3)c(Cl)c2)c1=O. The molecule has 0 aliphatic rings. The minimum Gasteiger partial charge on any atom is -0.322 e.